The van der Waals surface area contributed by atoms with E-state index in [1.54, 1.807) is 12.2 Å². The summed E-state index contributed by atoms with van der Waals surface area (Å²) in [6, 6.07) is 13.2. The molecular weight excluding hydrogens is 338 g/mol. The molecule has 2 rings (SSSR count). The number of aliphatic hydroxyl groups is 1. The van der Waals surface area contributed by atoms with Gasteiger partial charge in [-0.05, 0) is 43.5 Å². The molecule has 144 valence electrons. The highest BCUT2D eigenvalue weighted by atomic mass is 16.6. The lowest BCUT2D eigenvalue weighted by atomic mass is 9.93. The van der Waals surface area contributed by atoms with E-state index in [9.17, 15) is 9.90 Å². The van der Waals surface area contributed by atoms with Gasteiger partial charge in [-0.15, -0.1) is 13.2 Å². The van der Waals surface area contributed by atoms with E-state index in [2.05, 4.69) is 13.2 Å². The third kappa shape index (κ3) is 5.20. The first kappa shape index (κ1) is 20.7. The van der Waals surface area contributed by atoms with Gasteiger partial charge in [0.05, 0.1) is 6.04 Å². The lowest BCUT2D eigenvalue weighted by Gasteiger charge is -2.35. The average molecular weight is 367 g/mol. The Kier molecular flexibility index (Phi) is 6.81. The molecule has 0 spiro atoms. The Balaban J connectivity index is 2.44. The molecule has 0 aliphatic heterocycles. The number of hydrogen-bond acceptors (Lipinski definition) is 3. The lowest BCUT2D eigenvalue weighted by Crippen LogP contribution is -2.46. The maximum atomic E-state index is 12.8. The Morgan fingerprint density at radius 1 is 1.15 bits per heavy atom. The Labute approximate surface area is 161 Å². The van der Waals surface area contributed by atoms with E-state index in [1.165, 1.54) is 4.90 Å². The fourth-order valence-electron chi connectivity index (χ4n) is 3.12. The Morgan fingerprint density at radius 2 is 1.81 bits per heavy atom. The Hall–Kier alpha value is -2.59. The van der Waals surface area contributed by atoms with Gasteiger partial charge in [-0.1, -0.05) is 54.6 Å². The third-order valence-electron chi connectivity index (χ3n) is 4.27. The highest BCUT2D eigenvalue weighted by molar-refractivity contribution is 5.86. The number of amides is 1. The van der Waals surface area contributed by atoms with Crippen molar-refractivity contribution in [3.63, 3.8) is 0 Å². The van der Waals surface area contributed by atoms with Gasteiger partial charge in [0.2, 0.25) is 0 Å². The van der Waals surface area contributed by atoms with Crippen LogP contribution in [0, 0.1) is 0 Å². The Morgan fingerprint density at radius 3 is 2.44 bits per heavy atom. The van der Waals surface area contributed by atoms with Crippen LogP contribution in [0.1, 0.15) is 38.9 Å². The first-order valence-corrected chi connectivity index (χ1v) is 9.15. The number of benzene rings is 2. The fourth-order valence-corrected chi connectivity index (χ4v) is 3.12. The zero-order valence-electron chi connectivity index (χ0n) is 16.4. The van der Waals surface area contributed by atoms with Crippen molar-refractivity contribution >= 4 is 16.9 Å². The first-order valence-electron chi connectivity index (χ1n) is 9.15. The van der Waals surface area contributed by atoms with Crippen LogP contribution in [0.3, 0.4) is 0 Å². The summed E-state index contributed by atoms with van der Waals surface area (Å²) in [4.78, 5) is 14.3. The van der Waals surface area contributed by atoms with Gasteiger partial charge >= 0.3 is 6.09 Å². The molecule has 0 fully saturated rings. The predicted molar refractivity (Wildman–Crippen MR) is 111 cm³/mol. The van der Waals surface area contributed by atoms with E-state index in [1.807, 2.05) is 63.2 Å². The van der Waals surface area contributed by atoms with Gasteiger partial charge in [-0.25, -0.2) is 4.79 Å². The normalized spacial score (nSPS) is 13.6. The molecule has 27 heavy (non-hydrogen) atoms. The number of fused-ring (bicyclic) bond motifs is 1. The van der Waals surface area contributed by atoms with Gasteiger partial charge in [0.15, 0.2) is 0 Å². The average Bonchev–Trinajstić information content (AvgIpc) is 2.62. The summed E-state index contributed by atoms with van der Waals surface area (Å²) in [6.07, 6.45) is 2.40. The van der Waals surface area contributed by atoms with Crippen molar-refractivity contribution < 1.29 is 14.6 Å². The van der Waals surface area contributed by atoms with Crippen LogP contribution in [-0.2, 0) is 4.74 Å². The summed E-state index contributed by atoms with van der Waals surface area (Å²) in [7, 11) is 0. The smallest absolute Gasteiger partial charge is 0.410 e. The molecule has 0 saturated heterocycles. The largest absolute Gasteiger partial charge is 0.444 e. The van der Waals surface area contributed by atoms with Crippen molar-refractivity contribution in [1.29, 1.82) is 0 Å². The summed E-state index contributed by atoms with van der Waals surface area (Å²) in [5, 5.41) is 13.2. The summed E-state index contributed by atoms with van der Waals surface area (Å²) >= 11 is 0. The van der Waals surface area contributed by atoms with Gasteiger partial charge in [-0.2, -0.15) is 0 Å². The van der Waals surface area contributed by atoms with Crippen LogP contribution in [-0.4, -0.2) is 34.3 Å². The molecule has 2 atom stereocenters. The minimum absolute atomic E-state index is 0.273. The number of aliphatic hydroxyl groups excluding tert-OH is 1. The number of hydrogen-bond donors (Lipinski definition) is 1. The summed E-state index contributed by atoms with van der Waals surface area (Å²) in [6.45, 7) is 13.3. The van der Waals surface area contributed by atoms with E-state index in [0.717, 1.165) is 16.3 Å². The quantitative estimate of drug-likeness (QED) is 0.681. The minimum Gasteiger partial charge on any atom is -0.444 e. The van der Waals surface area contributed by atoms with Gasteiger partial charge in [0, 0.05) is 6.54 Å². The molecule has 1 N–H and O–H groups in total. The summed E-state index contributed by atoms with van der Waals surface area (Å²) < 4.78 is 5.55. The van der Waals surface area contributed by atoms with Crippen molar-refractivity contribution in [2.24, 2.45) is 0 Å². The highest BCUT2D eigenvalue weighted by Gasteiger charge is 2.32. The molecule has 0 radical (unpaired) electrons. The molecule has 4 heteroatoms. The van der Waals surface area contributed by atoms with Crippen LogP contribution in [0.5, 0.6) is 0 Å². The molecule has 0 aliphatic rings. The second-order valence-electron chi connectivity index (χ2n) is 7.53. The van der Waals surface area contributed by atoms with E-state index < -0.39 is 23.8 Å². The highest BCUT2D eigenvalue weighted by Crippen LogP contribution is 2.30. The van der Waals surface area contributed by atoms with Crippen LogP contribution in [0.2, 0.25) is 0 Å². The molecular formula is C23H29NO3. The monoisotopic (exact) mass is 367 g/mol. The van der Waals surface area contributed by atoms with E-state index in [4.69, 9.17) is 4.74 Å². The number of nitrogens with zero attached hydrogens (tertiary/aromatic N) is 1. The van der Waals surface area contributed by atoms with E-state index in [0.29, 0.717) is 6.42 Å². The molecule has 1 amide bonds. The second kappa shape index (κ2) is 8.87. The molecule has 2 aromatic rings. The number of carbonyl (C=O) groups is 1. The predicted octanol–water partition coefficient (Wildman–Crippen LogP) is 5.24. The summed E-state index contributed by atoms with van der Waals surface area (Å²) in [5.74, 6) is 0. The van der Waals surface area contributed by atoms with Crippen molar-refractivity contribution in [3.8, 4) is 0 Å². The van der Waals surface area contributed by atoms with Gasteiger partial charge < -0.3 is 9.84 Å². The van der Waals surface area contributed by atoms with Crippen LogP contribution < -0.4 is 0 Å². The molecule has 0 bridgehead atoms. The molecule has 2 aromatic carbocycles. The van der Waals surface area contributed by atoms with Gasteiger partial charge in [0.1, 0.15) is 11.7 Å². The zero-order chi connectivity index (χ0) is 20.0. The fraction of sp³-hybridized carbons (Fsp3) is 0.348. The van der Waals surface area contributed by atoms with Crippen molar-refractivity contribution in [1.82, 2.24) is 4.90 Å². The standard InChI is InChI=1S/C23H29NO3/c1-6-11-20(24(16-7-2)22(26)27-23(3,4)5)21(25)19-15-10-13-17-12-8-9-14-18(17)19/h6-10,12-15,20-21,25H,1-2,11,16H2,3-5H3/t20-,21+/m1/s1. The lowest BCUT2D eigenvalue weighted by molar-refractivity contribution is -0.00215. The van der Waals surface area contributed by atoms with Crippen LogP contribution >= 0.6 is 0 Å². The molecule has 0 saturated carbocycles. The van der Waals surface area contributed by atoms with Crippen molar-refractivity contribution in [2.45, 2.75) is 44.9 Å². The van der Waals surface area contributed by atoms with E-state index in [-0.39, 0.29) is 6.54 Å². The van der Waals surface area contributed by atoms with Crippen LogP contribution in [0.15, 0.2) is 67.8 Å². The third-order valence-corrected chi connectivity index (χ3v) is 4.27. The number of carbonyl (C=O) groups excluding carboxylic acids is 1. The van der Waals surface area contributed by atoms with E-state index >= 15 is 0 Å². The molecule has 0 aromatic heterocycles. The molecule has 0 unspecified atom stereocenters. The van der Waals surface area contributed by atoms with Crippen molar-refractivity contribution in [2.75, 3.05) is 6.54 Å². The van der Waals surface area contributed by atoms with Crippen LogP contribution in [0.25, 0.3) is 10.8 Å². The minimum atomic E-state index is -0.887. The van der Waals surface area contributed by atoms with Gasteiger partial charge in [0.25, 0.3) is 0 Å². The molecule has 0 heterocycles. The number of ether oxygens (including phenoxy) is 1. The topological polar surface area (TPSA) is 49.8 Å². The SMILES string of the molecule is C=CC[C@H]([C@@H](O)c1cccc2ccccc12)N(CC=C)C(=O)OC(C)(C)C. The van der Waals surface area contributed by atoms with Crippen LogP contribution in [0.4, 0.5) is 4.79 Å². The second-order valence-corrected chi connectivity index (χ2v) is 7.53. The van der Waals surface area contributed by atoms with Gasteiger partial charge in [-0.3, -0.25) is 4.90 Å². The molecule has 4 nitrogen and oxygen atoms in total. The Bertz CT molecular complexity index is 801. The summed E-state index contributed by atoms with van der Waals surface area (Å²) in [5.41, 5.74) is 0.150. The van der Waals surface area contributed by atoms with Crippen molar-refractivity contribution in [3.05, 3.63) is 73.3 Å². The maximum Gasteiger partial charge on any atom is 0.410 e. The zero-order valence-corrected chi connectivity index (χ0v) is 16.4. The molecule has 0 aliphatic carbocycles. The maximum absolute atomic E-state index is 12.8. The number of rotatable bonds is 7. The first-order chi connectivity index (χ1) is 12.8.